The summed E-state index contributed by atoms with van der Waals surface area (Å²) < 4.78 is 5.30. The van der Waals surface area contributed by atoms with Crippen LogP contribution in [0.4, 0.5) is 4.79 Å². The molecule has 34 heavy (non-hydrogen) atoms. The van der Waals surface area contributed by atoms with Crippen molar-refractivity contribution in [1.29, 1.82) is 0 Å². The average molecular weight is 457 g/mol. The van der Waals surface area contributed by atoms with Gasteiger partial charge in [-0.3, -0.25) is 4.79 Å². The highest BCUT2D eigenvalue weighted by atomic mass is 16.5. The molecule has 8 heteroatoms. The Morgan fingerprint density at radius 2 is 1.74 bits per heavy atom. The van der Waals surface area contributed by atoms with Gasteiger partial charge in [0.25, 0.3) is 5.91 Å². The minimum absolute atomic E-state index is 0.0904. The smallest absolute Gasteiger partial charge is 0.408 e. The molecule has 0 saturated carbocycles. The summed E-state index contributed by atoms with van der Waals surface area (Å²) >= 11 is 0. The first kappa shape index (κ1) is 22.6. The third-order valence-electron chi connectivity index (χ3n) is 5.20. The Bertz CT molecular complexity index is 1280. The molecular formula is C26H24N4O4. The highest BCUT2D eigenvalue weighted by Gasteiger charge is 2.23. The van der Waals surface area contributed by atoms with Gasteiger partial charge in [-0.25, -0.2) is 10.2 Å². The summed E-state index contributed by atoms with van der Waals surface area (Å²) in [5.41, 5.74) is 5.83. The van der Waals surface area contributed by atoms with Crippen molar-refractivity contribution in [2.45, 2.75) is 19.1 Å². The van der Waals surface area contributed by atoms with Crippen molar-refractivity contribution in [2.24, 2.45) is 5.10 Å². The Morgan fingerprint density at radius 3 is 2.53 bits per heavy atom. The predicted molar refractivity (Wildman–Crippen MR) is 129 cm³/mol. The zero-order chi connectivity index (χ0) is 23.8. The van der Waals surface area contributed by atoms with E-state index in [0.717, 1.165) is 22.0 Å². The zero-order valence-electron chi connectivity index (χ0n) is 18.3. The van der Waals surface area contributed by atoms with Gasteiger partial charge in [0, 0.05) is 23.5 Å². The fourth-order valence-corrected chi connectivity index (χ4v) is 3.45. The van der Waals surface area contributed by atoms with Gasteiger partial charge in [-0.05, 0) is 47.0 Å². The van der Waals surface area contributed by atoms with Crippen LogP contribution >= 0.6 is 0 Å². The number of phenolic OH excluding ortho intramolecular Hbond substituents is 1. The summed E-state index contributed by atoms with van der Waals surface area (Å²) in [6, 6.07) is 22.5. The maximum atomic E-state index is 12.9. The number of rotatable bonds is 8. The number of amides is 2. The van der Waals surface area contributed by atoms with Crippen LogP contribution in [0.3, 0.4) is 0 Å². The molecule has 1 atom stereocenters. The second-order valence-electron chi connectivity index (χ2n) is 7.65. The summed E-state index contributed by atoms with van der Waals surface area (Å²) in [5, 5.41) is 17.0. The van der Waals surface area contributed by atoms with E-state index in [1.807, 2.05) is 60.8 Å². The van der Waals surface area contributed by atoms with E-state index in [-0.39, 0.29) is 18.8 Å². The van der Waals surface area contributed by atoms with E-state index in [1.165, 1.54) is 18.3 Å². The van der Waals surface area contributed by atoms with Gasteiger partial charge in [0.2, 0.25) is 0 Å². The van der Waals surface area contributed by atoms with Crippen LogP contribution in [0.5, 0.6) is 5.75 Å². The molecule has 4 rings (SSSR count). The number of carbonyl (C=O) groups excluding carboxylic acids is 2. The van der Waals surface area contributed by atoms with Crippen molar-refractivity contribution in [1.82, 2.24) is 15.7 Å². The first-order chi connectivity index (χ1) is 16.6. The molecule has 0 spiro atoms. The van der Waals surface area contributed by atoms with E-state index in [9.17, 15) is 14.7 Å². The molecule has 2 amide bonds. The summed E-state index contributed by atoms with van der Waals surface area (Å²) in [6.07, 6.45) is 2.81. The molecule has 4 aromatic rings. The number of hydrogen-bond acceptors (Lipinski definition) is 5. The predicted octanol–water partition coefficient (Wildman–Crippen LogP) is 3.86. The molecule has 0 fully saturated rings. The topological polar surface area (TPSA) is 116 Å². The monoisotopic (exact) mass is 456 g/mol. The van der Waals surface area contributed by atoms with Crippen molar-refractivity contribution in [2.75, 3.05) is 0 Å². The number of nitrogens with zero attached hydrogens (tertiary/aromatic N) is 1. The quantitative estimate of drug-likeness (QED) is 0.238. The van der Waals surface area contributed by atoms with Crippen LogP contribution in [0.2, 0.25) is 0 Å². The maximum Gasteiger partial charge on any atom is 0.408 e. The number of benzene rings is 3. The van der Waals surface area contributed by atoms with Crippen LogP contribution in [-0.2, 0) is 22.6 Å². The molecule has 0 aliphatic carbocycles. The van der Waals surface area contributed by atoms with E-state index in [1.54, 1.807) is 12.1 Å². The molecule has 4 N–H and O–H groups in total. The van der Waals surface area contributed by atoms with Gasteiger partial charge in [-0.1, -0.05) is 48.5 Å². The number of H-pyrrole nitrogens is 1. The average Bonchev–Trinajstić information content (AvgIpc) is 3.27. The van der Waals surface area contributed by atoms with Gasteiger partial charge < -0.3 is 20.1 Å². The Hall–Kier alpha value is -4.59. The van der Waals surface area contributed by atoms with E-state index < -0.39 is 18.0 Å². The molecule has 3 aromatic carbocycles. The second-order valence-corrected chi connectivity index (χ2v) is 7.65. The summed E-state index contributed by atoms with van der Waals surface area (Å²) in [5.74, 6) is -0.352. The van der Waals surface area contributed by atoms with E-state index in [0.29, 0.717) is 5.56 Å². The Kier molecular flexibility index (Phi) is 7.19. The highest BCUT2D eigenvalue weighted by molar-refractivity contribution is 5.89. The SMILES string of the molecule is O=C(N[C@H](Cc1c[nH]c2ccccc12)C(=O)N/N=C\c1ccc(O)cc1)OCc1ccccc1. The lowest BCUT2D eigenvalue weighted by molar-refractivity contribution is -0.123. The summed E-state index contributed by atoms with van der Waals surface area (Å²) in [4.78, 5) is 28.6. The number of alkyl carbamates (subject to hydrolysis) is 1. The number of ether oxygens (including phenoxy) is 1. The molecular weight excluding hydrogens is 432 g/mol. The highest BCUT2D eigenvalue weighted by Crippen LogP contribution is 2.19. The molecule has 0 unspecified atom stereocenters. The summed E-state index contributed by atoms with van der Waals surface area (Å²) in [7, 11) is 0. The van der Waals surface area contributed by atoms with Crippen molar-refractivity contribution in [3.63, 3.8) is 0 Å². The minimum atomic E-state index is -0.917. The number of fused-ring (bicyclic) bond motifs is 1. The molecule has 0 aliphatic heterocycles. The maximum absolute atomic E-state index is 12.9. The molecule has 1 heterocycles. The lowest BCUT2D eigenvalue weighted by Gasteiger charge is -2.17. The van der Waals surface area contributed by atoms with Gasteiger partial charge in [-0.15, -0.1) is 0 Å². The van der Waals surface area contributed by atoms with Gasteiger partial charge in [0.15, 0.2) is 0 Å². The van der Waals surface area contributed by atoms with Gasteiger partial charge in [0.05, 0.1) is 6.21 Å². The second kappa shape index (κ2) is 10.8. The Labute approximate surface area is 196 Å². The number of carbonyl (C=O) groups is 2. The van der Waals surface area contributed by atoms with Crippen LogP contribution in [0.15, 0.2) is 90.2 Å². The first-order valence-electron chi connectivity index (χ1n) is 10.7. The molecule has 0 bridgehead atoms. The van der Waals surface area contributed by atoms with Crippen LogP contribution in [-0.4, -0.2) is 34.3 Å². The number of aromatic nitrogens is 1. The number of para-hydroxylation sites is 1. The van der Waals surface area contributed by atoms with E-state index >= 15 is 0 Å². The fourth-order valence-electron chi connectivity index (χ4n) is 3.45. The van der Waals surface area contributed by atoms with Crippen LogP contribution < -0.4 is 10.7 Å². The Morgan fingerprint density at radius 1 is 1.00 bits per heavy atom. The lowest BCUT2D eigenvalue weighted by Crippen LogP contribution is -2.47. The van der Waals surface area contributed by atoms with Crippen molar-refractivity contribution >= 4 is 29.1 Å². The van der Waals surface area contributed by atoms with Crippen LogP contribution in [0, 0.1) is 0 Å². The largest absolute Gasteiger partial charge is 0.508 e. The number of aromatic hydroxyl groups is 1. The van der Waals surface area contributed by atoms with Crippen molar-refractivity contribution in [3.05, 3.63) is 102 Å². The number of hydrogen-bond donors (Lipinski definition) is 4. The normalized spacial score (nSPS) is 11.9. The minimum Gasteiger partial charge on any atom is -0.508 e. The zero-order valence-corrected chi connectivity index (χ0v) is 18.3. The van der Waals surface area contributed by atoms with Gasteiger partial charge >= 0.3 is 6.09 Å². The molecule has 0 saturated heterocycles. The molecule has 8 nitrogen and oxygen atoms in total. The molecule has 172 valence electrons. The van der Waals surface area contributed by atoms with Gasteiger partial charge in [-0.2, -0.15) is 5.10 Å². The van der Waals surface area contributed by atoms with Gasteiger partial charge in [0.1, 0.15) is 18.4 Å². The van der Waals surface area contributed by atoms with E-state index in [2.05, 4.69) is 20.8 Å². The third-order valence-corrected chi connectivity index (χ3v) is 5.20. The molecule has 1 aromatic heterocycles. The number of phenols is 1. The first-order valence-corrected chi connectivity index (χ1v) is 10.7. The third kappa shape index (κ3) is 6.01. The number of hydrazone groups is 1. The molecule has 0 radical (unpaired) electrons. The Balaban J connectivity index is 1.45. The number of aromatic amines is 1. The fraction of sp³-hybridized carbons (Fsp3) is 0.115. The van der Waals surface area contributed by atoms with Crippen molar-refractivity contribution in [3.8, 4) is 5.75 Å². The molecule has 0 aliphatic rings. The van der Waals surface area contributed by atoms with E-state index in [4.69, 9.17) is 4.74 Å². The number of nitrogens with one attached hydrogen (secondary N) is 3. The van der Waals surface area contributed by atoms with Crippen LogP contribution in [0.25, 0.3) is 10.9 Å². The standard InChI is InChI=1S/C26H24N4O4/c31-21-12-10-18(11-13-21)15-28-30-25(32)24(14-20-16-27-23-9-5-4-8-22(20)23)29-26(33)34-17-19-6-2-1-3-7-19/h1-13,15-16,24,27,31H,14,17H2,(H,29,33)(H,30,32)/b28-15-/t24-/m1/s1. The van der Waals surface area contributed by atoms with Crippen molar-refractivity contribution < 1.29 is 19.4 Å². The van der Waals surface area contributed by atoms with Crippen LogP contribution in [0.1, 0.15) is 16.7 Å². The lowest BCUT2D eigenvalue weighted by atomic mass is 10.0. The summed E-state index contributed by atoms with van der Waals surface area (Å²) in [6.45, 7) is 0.0904.